The van der Waals surface area contributed by atoms with Crippen molar-refractivity contribution in [3.05, 3.63) is 0 Å². The summed E-state index contributed by atoms with van der Waals surface area (Å²) in [5, 5.41) is 15.3. The van der Waals surface area contributed by atoms with Crippen LogP contribution >= 0.6 is 0 Å². The van der Waals surface area contributed by atoms with Crippen LogP contribution in [0.4, 0.5) is 4.79 Å². The number of nitrogens with one attached hydrogen (secondary N) is 2. The molecule has 2 saturated heterocycles. The highest BCUT2D eigenvalue weighted by molar-refractivity contribution is 5.83. The molecule has 0 radical (unpaired) electrons. The van der Waals surface area contributed by atoms with Crippen LogP contribution in [0.1, 0.15) is 19.3 Å². The summed E-state index contributed by atoms with van der Waals surface area (Å²) in [5.41, 5.74) is 0. The topological polar surface area (TPSA) is 90.9 Å². The number of carbonyl (C=O) groups excluding carboxylic acids is 1. The Morgan fingerprint density at radius 2 is 2.05 bits per heavy atom. The number of hydrogen-bond donors (Lipinski definition) is 3. The summed E-state index contributed by atoms with van der Waals surface area (Å²) in [6, 6.07) is -0.949. The fraction of sp³-hybridized carbons (Fsp3) is 0.833. The number of carboxylic acids is 1. The summed E-state index contributed by atoms with van der Waals surface area (Å²) < 4.78 is 5.17. The zero-order valence-corrected chi connectivity index (χ0v) is 11.1. The van der Waals surface area contributed by atoms with Gasteiger partial charge in [-0.2, -0.15) is 0 Å². The molecule has 19 heavy (non-hydrogen) atoms. The van der Waals surface area contributed by atoms with Gasteiger partial charge < -0.3 is 25.4 Å². The Kier molecular flexibility index (Phi) is 4.60. The highest BCUT2D eigenvalue weighted by atomic mass is 16.5. The molecule has 0 saturated carbocycles. The van der Waals surface area contributed by atoms with E-state index in [4.69, 9.17) is 9.84 Å². The van der Waals surface area contributed by atoms with Crippen molar-refractivity contribution in [3.8, 4) is 0 Å². The van der Waals surface area contributed by atoms with Gasteiger partial charge in [-0.15, -0.1) is 0 Å². The number of methoxy groups -OCH3 is 1. The Balaban J connectivity index is 1.94. The minimum Gasteiger partial charge on any atom is -0.480 e. The molecule has 0 aromatic carbocycles. The Hall–Kier alpha value is -1.34. The van der Waals surface area contributed by atoms with Gasteiger partial charge >= 0.3 is 12.0 Å². The summed E-state index contributed by atoms with van der Waals surface area (Å²) in [7, 11) is 1.54. The van der Waals surface area contributed by atoms with E-state index in [9.17, 15) is 9.59 Å². The molecule has 0 aromatic heterocycles. The largest absolute Gasteiger partial charge is 0.480 e. The fourth-order valence-corrected chi connectivity index (χ4v) is 2.65. The lowest BCUT2D eigenvalue weighted by Gasteiger charge is -2.28. The lowest BCUT2D eigenvalue weighted by atomic mass is 10.1. The fourth-order valence-electron chi connectivity index (χ4n) is 2.65. The van der Waals surface area contributed by atoms with Gasteiger partial charge in [0.05, 0.1) is 6.10 Å². The Labute approximate surface area is 112 Å². The molecule has 0 aliphatic carbocycles. The summed E-state index contributed by atoms with van der Waals surface area (Å²) in [5.74, 6) is -0.972. The molecule has 2 atom stereocenters. The molecule has 2 rings (SSSR count). The second kappa shape index (κ2) is 6.21. The van der Waals surface area contributed by atoms with Gasteiger partial charge in [-0.3, -0.25) is 0 Å². The van der Waals surface area contributed by atoms with Crippen LogP contribution in [-0.4, -0.2) is 66.9 Å². The van der Waals surface area contributed by atoms with Gasteiger partial charge in [0.25, 0.3) is 0 Å². The molecule has 2 aliphatic heterocycles. The quantitative estimate of drug-likeness (QED) is 0.651. The van der Waals surface area contributed by atoms with Gasteiger partial charge in [-0.05, 0) is 25.9 Å². The van der Waals surface area contributed by atoms with E-state index in [1.54, 1.807) is 0 Å². The number of likely N-dealkylation sites (tertiary alicyclic amines) is 1. The minimum absolute atomic E-state index is 0.129. The van der Waals surface area contributed by atoms with Crippen molar-refractivity contribution < 1.29 is 19.4 Å². The van der Waals surface area contributed by atoms with E-state index in [0.717, 1.165) is 25.9 Å². The molecule has 7 heteroatoms. The second-order valence-electron chi connectivity index (χ2n) is 5.07. The van der Waals surface area contributed by atoms with Gasteiger partial charge in [0.15, 0.2) is 0 Å². The first-order valence-corrected chi connectivity index (χ1v) is 6.65. The third kappa shape index (κ3) is 3.36. The molecular formula is C12H21N3O4. The van der Waals surface area contributed by atoms with Gasteiger partial charge in [0.1, 0.15) is 6.04 Å². The van der Waals surface area contributed by atoms with Crippen LogP contribution in [0.3, 0.4) is 0 Å². The first kappa shape index (κ1) is 14.1. The van der Waals surface area contributed by atoms with E-state index in [1.165, 1.54) is 12.0 Å². The number of nitrogens with zero attached hydrogens (tertiary/aromatic N) is 1. The van der Waals surface area contributed by atoms with E-state index in [1.807, 2.05) is 0 Å². The number of ether oxygens (including phenoxy) is 1. The molecule has 3 N–H and O–H groups in total. The smallest absolute Gasteiger partial charge is 0.326 e. The molecule has 0 bridgehead atoms. The predicted octanol–water partition coefficient (Wildman–Crippen LogP) is -0.378. The number of aliphatic carboxylic acids is 1. The van der Waals surface area contributed by atoms with E-state index < -0.39 is 12.0 Å². The van der Waals surface area contributed by atoms with Crippen molar-refractivity contribution in [2.75, 3.05) is 26.7 Å². The van der Waals surface area contributed by atoms with E-state index >= 15 is 0 Å². The maximum Gasteiger partial charge on any atom is 0.326 e. The molecule has 2 amide bonds. The van der Waals surface area contributed by atoms with Crippen LogP contribution < -0.4 is 10.6 Å². The first-order valence-electron chi connectivity index (χ1n) is 6.65. The van der Waals surface area contributed by atoms with Crippen molar-refractivity contribution in [1.29, 1.82) is 0 Å². The first-order chi connectivity index (χ1) is 9.11. The molecule has 7 nitrogen and oxygen atoms in total. The Morgan fingerprint density at radius 1 is 1.37 bits per heavy atom. The molecule has 0 spiro atoms. The zero-order chi connectivity index (χ0) is 13.8. The number of amides is 2. The van der Waals surface area contributed by atoms with Crippen LogP contribution in [0, 0.1) is 0 Å². The summed E-state index contributed by atoms with van der Waals surface area (Å²) in [6.45, 7) is 2.10. The number of rotatable bonds is 3. The monoisotopic (exact) mass is 271 g/mol. The normalized spacial score (nSPS) is 28.4. The summed E-state index contributed by atoms with van der Waals surface area (Å²) in [6.07, 6.45) is 1.92. The van der Waals surface area contributed by atoms with E-state index in [-0.39, 0.29) is 18.2 Å². The number of hydrogen-bond acceptors (Lipinski definition) is 4. The standard InChI is InChI=1S/C12H21N3O4/c1-19-9-6-10(11(16)17)15(7-9)12(18)14-8-2-4-13-5-3-8/h8-10,13H,2-7H2,1H3,(H,14,18)(H,16,17). The average Bonchev–Trinajstić information content (AvgIpc) is 2.84. The highest BCUT2D eigenvalue weighted by Gasteiger charge is 2.40. The van der Waals surface area contributed by atoms with Crippen LogP contribution in [0.25, 0.3) is 0 Å². The minimum atomic E-state index is -0.972. The highest BCUT2D eigenvalue weighted by Crippen LogP contribution is 2.20. The molecule has 2 aliphatic rings. The SMILES string of the molecule is COC1CC(C(=O)O)N(C(=O)NC2CCNCC2)C1. The molecule has 2 unspecified atom stereocenters. The van der Waals surface area contributed by atoms with Crippen molar-refractivity contribution >= 4 is 12.0 Å². The maximum absolute atomic E-state index is 12.2. The van der Waals surface area contributed by atoms with Crippen molar-refractivity contribution in [2.24, 2.45) is 0 Å². The van der Waals surface area contributed by atoms with Crippen LogP contribution in [0.2, 0.25) is 0 Å². The molecule has 0 aromatic rings. The number of piperidine rings is 1. The van der Waals surface area contributed by atoms with Crippen LogP contribution in [0.15, 0.2) is 0 Å². The van der Waals surface area contributed by atoms with Crippen molar-refractivity contribution in [3.63, 3.8) is 0 Å². The molecule has 108 valence electrons. The number of carbonyl (C=O) groups is 2. The molecule has 2 heterocycles. The summed E-state index contributed by atoms with van der Waals surface area (Å²) >= 11 is 0. The van der Waals surface area contributed by atoms with Gasteiger partial charge in [0.2, 0.25) is 0 Å². The van der Waals surface area contributed by atoms with Gasteiger partial charge in [0, 0.05) is 26.1 Å². The van der Waals surface area contributed by atoms with Crippen LogP contribution in [-0.2, 0) is 9.53 Å². The van der Waals surface area contributed by atoms with E-state index in [2.05, 4.69) is 10.6 Å². The van der Waals surface area contributed by atoms with Gasteiger partial charge in [-0.1, -0.05) is 0 Å². The number of urea groups is 1. The molecular weight excluding hydrogens is 250 g/mol. The number of carboxylic acid groups (broad SMARTS) is 1. The maximum atomic E-state index is 12.2. The van der Waals surface area contributed by atoms with Crippen LogP contribution in [0.5, 0.6) is 0 Å². The lowest BCUT2D eigenvalue weighted by Crippen LogP contribution is -2.51. The van der Waals surface area contributed by atoms with Crippen molar-refractivity contribution in [2.45, 2.75) is 37.5 Å². The zero-order valence-electron chi connectivity index (χ0n) is 11.1. The summed E-state index contributed by atoms with van der Waals surface area (Å²) in [4.78, 5) is 24.7. The Bertz CT molecular complexity index is 344. The van der Waals surface area contributed by atoms with E-state index in [0.29, 0.717) is 13.0 Å². The van der Waals surface area contributed by atoms with Gasteiger partial charge in [-0.25, -0.2) is 9.59 Å². The lowest BCUT2D eigenvalue weighted by molar-refractivity contribution is -0.141. The molecule has 2 fully saturated rings. The third-order valence-corrected chi connectivity index (χ3v) is 3.81. The predicted molar refractivity (Wildman–Crippen MR) is 68.0 cm³/mol. The van der Waals surface area contributed by atoms with Crippen molar-refractivity contribution in [1.82, 2.24) is 15.5 Å². The average molecular weight is 271 g/mol. The Morgan fingerprint density at radius 3 is 2.63 bits per heavy atom. The third-order valence-electron chi connectivity index (χ3n) is 3.81. The second-order valence-corrected chi connectivity index (χ2v) is 5.07.